The van der Waals surface area contributed by atoms with Gasteiger partial charge < -0.3 is 35.1 Å². The minimum Gasteiger partial charge on any atom is -0.495 e. The molecule has 0 saturated carbocycles. The van der Waals surface area contributed by atoms with E-state index in [2.05, 4.69) is 27.5 Å². The van der Waals surface area contributed by atoms with Gasteiger partial charge in [-0.05, 0) is 18.2 Å². The van der Waals surface area contributed by atoms with E-state index in [1.807, 2.05) is 12.1 Å². The first-order valence-electron chi connectivity index (χ1n) is 13.4. The lowest BCUT2D eigenvalue weighted by atomic mass is 9.97. The van der Waals surface area contributed by atoms with Gasteiger partial charge in [0.05, 0.1) is 55.3 Å². The van der Waals surface area contributed by atoms with Gasteiger partial charge in [-0.1, -0.05) is 29.8 Å². The lowest BCUT2D eigenvalue weighted by Gasteiger charge is -2.28. The summed E-state index contributed by atoms with van der Waals surface area (Å²) in [6.45, 7) is 5.55. The van der Waals surface area contributed by atoms with Gasteiger partial charge >= 0.3 is 6.03 Å². The van der Waals surface area contributed by atoms with E-state index in [0.717, 1.165) is 10.8 Å². The molecule has 0 bridgehead atoms. The maximum Gasteiger partial charge on any atom is 0.317 e. The normalized spacial score (nSPS) is 18.4. The third-order valence-electron chi connectivity index (χ3n) is 7.49. The maximum atomic E-state index is 12.4. The molecule has 3 aromatic rings. The van der Waals surface area contributed by atoms with Crippen LogP contribution in [-0.4, -0.2) is 86.3 Å². The highest BCUT2D eigenvalue weighted by Gasteiger charge is 2.36. The number of nitrogens with zero attached hydrogens (tertiary/aromatic N) is 3. The molecule has 5 rings (SSSR count). The summed E-state index contributed by atoms with van der Waals surface area (Å²) < 4.78 is 16.3. The van der Waals surface area contributed by atoms with Crippen LogP contribution in [0.15, 0.2) is 37.1 Å². The Morgan fingerprint density at radius 1 is 1.12 bits per heavy atom. The molecule has 3 N–H and O–H groups in total. The molecule has 0 aliphatic carbocycles. The number of carbonyl (C=O) groups is 2. The second kappa shape index (κ2) is 12.6. The number of rotatable bonds is 10. The summed E-state index contributed by atoms with van der Waals surface area (Å²) >= 11 is 13.4. The van der Waals surface area contributed by atoms with E-state index in [4.69, 9.17) is 42.4 Å². The van der Waals surface area contributed by atoms with Gasteiger partial charge in [-0.15, -0.1) is 0 Å². The van der Waals surface area contributed by atoms with Crippen molar-refractivity contribution < 1.29 is 23.8 Å². The SMILES string of the molecule is C=CC(=O)C[C@H]1CN(C(=O)NC)C[C@H]1Nc1cc2c(NC3COC3)nc(-c3c(Cl)c(OC)cc(OC)c3Cl)cc2cn1. The molecule has 2 aliphatic heterocycles. The van der Waals surface area contributed by atoms with Gasteiger partial charge in [0.2, 0.25) is 0 Å². The summed E-state index contributed by atoms with van der Waals surface area (Å²) in [5, 5.41) is 11.8. The van der Waals surface area contributed by atoms with Crippen molar-refractivity contribution in [3.63, 3.8) is 0 Å². The van der Waals surface area contributed by atoms with Crippen molar-refractivity contribution in [3.05, 3.63) is 47.1 Å². The van der Waals surface area contributed by atoms with Gasteiger partial charge in [-0.2, -0.15) is 0 Å². The predicted octanol–water partition coefficient (Wildman–Crippen LogP) is 4.63. The maximum absolute atomic E-state index is 12.4. The molecular formula is C29H32Cl2N6O5. The van der Waals surface area contributed by atoms with Crippen LogP contribution in [-0.2, 0) is 9.53 Å². The van der Waals surface area contributed by atoms with E-state index in [9.17, 15) is 9.59 Å². The fraction of sp³-hybridized carbons (Fsp3) is 0.379. The smallest absolute Gasteiger partial charge is 0.317 e. The summed E-state index contributed by atoms with van der Waals surface area (Å²) in [4.78, 5) is 35.8. The Bertz CT molecular complexity index is 1500. The first-order valence-corrected chi connectivity index (χ1v) is 14.2. The quantitative estimate of drug-likeness (QED) is 0.280. The first-order chi connectivity index (χ1) is 20.3. The highest BCUT2D eigenvalue weighted by Crippen LogP contribution is 2.46. The average molecular weight is 616 g/mol. The number of pyridine rings is 2. The van der Waals surface area contributed by atoms with Crippen LogP contribution in [0.1, 0.15) is 6.42 Å². The Hall–Kier alpha value is -3.80. The van der Waals surface area contributed by atoms with Crippen molar-refractivity contribution in [3.8, 4) is 22.8 Å². The number of anilines is 2. The number of ether oxygens (including phenoxy) is 3. The summed E-state index contributed by atoms with van der Waals surface area (Å²) in [7, 11) is 4.62. The van der Waals surface area contributed by atoms with Crippen molar-refractivity contribution in [2.24, 2.45) is 5.92 Å². The Labute approximate surface area is 253 Å². The molecule has 2 amide bonds. The van der Waals surface area contributed by atoms with Crippen LogP contribution in [0.2, 0.25) is 10.0 Å². The minimum atomic E-state index is -0.195. The van der Waals surface area contributed by atoms with E-state index < -0.39 is 0 Å². The van der Waals surface area contributed by atoms with Crippen LogP contribution in [0.5, 0.6) is 11.5 Å². The predicted molar refractivity (Wildman–Crippen MR) is 163 cm³/mol. The van der Waals surface area contributed by atoms with Crippen molar-refractivity contribution >= 4 is 57.4 Å². The van der Waals surface area contributed by atoms with Gasteiger partial charge in [0.15, 0.2) is 5.78 Å². The number of aromatic nitrogens is 2. The fourth-order valence-electron chi connectivity index (χ4n) is 5.18. The van der Waals surface area contributed by atoms with Crippen molar-refractivity contribution in [1.29, 1.82) is 0 Å². The lowest BCUT2D eigenvalue weighted by Crippen LogP contribution is -2.40. The molecule has 2 saturated heterocycles. The van der Waals surface area contributed by atoms with E-state index in [-0.39, 0.29) is 36.2 Å². The number of urea groups is 1. The summed E-state index contributed by atoms with van der Waals surface area (Å²) in [5.41, 5.74) is 0.987. The number of methoxy groups -OCH3 is 2. The molecule has 2 aliphatic rings. The molecule has 2 aromatic heterocycles. The van der Waals surface area contributed by atoms with E-state index >= 15 is 0 Å². The standard InChI is InChI=1S/C29H32Cl2N6O5/c1-5-18(38)6-16-11-37(29(39)32-2)12-21(16)35-24-8-19-15(10-33-24)7-20(36-28(19)34-17-13-42-14-17)25-26(30)22(40-3)9-23(41-4)27(25)31/h5,7-10,16-17,21H,1,6,11-14H2,2-4H3,(H,32,39)(H,33,35)(H,34,36)/t16-,21+/m0/s1. The Balaban J connectivity index is 1.54. The minimum absolute atomic E-state index is 0.0746. The van der Waals surface area contributed by atoms with Crippen LogP contribution in [0.3, 0.4) is 0 Å². The van der Waals surface area contributed by atoms with Crippen LogP contribution in [0, 0.1) is 5.92 Å². The highest BCUT2D eigenvalue weighted by atomic mass is 35.5. The molecule has 0 unspecified atom stereocenters. The van der Waals surface area contributed by atoms with Crippen molar-refractivity contribution in [1.82, 2.24) is 20.2 Å². The molecule has 4 heterocycles. The number of halogens is 2. The first kappa shape index (κ1) is 29.7. The molecule has 222 valence electrons. The zero-order chi connectivity index (χ0) is 30.0. The molecular weight excluding hydrogens is 583 g/mol. The van der Waals surface area contributed by atoms with Crippen molar-refractivity contribution in [2.45, 2.75) is 18.5 Å². The molecule has 13 heteroatoms. The second-order valence-electron chi connectivity index (χ2n) is 10.2. The largest absolute Gasteiger partial charge is 0.495 e. The number of nitrogens with one attached hydrogen (secondary N) is 3. The number of allylic oxidation sites excluding steroid dienone is 1. The monoisotopic (exact) mass is 614 g/mol. The zero-order valence-corrected chi connectivity index (χ0v) is 25.0. The number of benzene rings is 1. The third kappa shape index (κ3) is 5.90. The highest BCUT2D eigenvalue weighted by molar-refractivity contribution is 6.41. The zero-order valence-electron chi connectivity index (χ0n) is 23.5. The van der Waals surface area contributed by atoms with Gasteiger partial charge in [0, 0.05) is 61.1 Å². The second-order valence-corrected chi connectivity index (χ2v) is 10.9. The fourth-order valence-corrected chi connectivity index (χ4v) is 5.88. The Morgan fingerprint density at radius 3 is 2.43 bits per heavy atom. The topological polar surface area (TPSA) is 127 Å². The van der Waals surface area contributed by atoms with Crippen LogP contribution in [0.25, 0.3) is 22.0 Å². The Kier molecular flexibility index (Phi) is 8.91. The number of fused-ring (bicyclic) bond motifs is 1. The molecule has 11 nitrogen and oxygen atoms in total. The number of hydrogen-bond acceptors (Lipinski definition) is 9. The molecule has 0 radical (unpaired) electrons. The molecule has 0 spiro atoms. The van der Waals surface area contributed by atoms with Gasteiger partial charge in [-0.25, -0.2) is 14.8 Å². The van der Waals surface area contributed by atoms with E-state index in [1.165, 1.54) is 20.3 Å². The van der Waals surface area contributed by atoms with Crippen LogP contribution in [0.4, 0.5) is 16.4 Å². The average Bonchev–Trinajstić information content (AvgIpc) is 3.36. The molecule has 1 aromatic carbocycles. The van der Waals surface area contributed by atoms with Crippen LogP contribution < -0.4 is 25.4 Å². The number of hydrogen-bond donors (Lipinski definition) is 3. The van der Waals surface area contributed by atoms with E-state index in [1.54, 1.807) is 24.2 Å². The molecule has 2 atom stereocenters. The van der Waals surface area contributed by atoms with Gasteiger partial charge in [0.1, 0.15) is 23.1 Å². The van der Waals surface area contributed by atoms with E-state index in [0.29, 0.717) is 70.7 Å². The number of amides is 2. The summed E-state index contributed by atoms with van der Waals surface area (Å²) in [5.74, 6) is 1.82. The molecule has 2 fully saturated rings. The summed E-state index contributed by atoms with van der Waals surface area (Å²) in [6.07, 6.45) is 3.32. The number of likely N-dealkylation sites (tertiary alicyclic amines) is 1. The third-order valence-corrected chi connectivity index (χ3v) is 8.24. The van der Waals surface area contributed by atoms with Crippen molar-refractivity contribution in [2.75, 3.05) is 58.2 Å². The lowest BCUT2D eigenvalue weighted by molar-refractivity contribution is -0.115. The molecule has 42 heavy (non-hydrogen) atoms. The van der Waals surface area contributed by atoms with Gasteiger partial charge in [-0.3, -0.25) is 4.79 Å². The number of ketones is 1. The Morgan fingerprint density at radius 2 is 1.83 bits per heavy atom. The number of carbonyl (C=O) groups excluding carboxylic acids is 2. The van der Waals surface area contributed by atoms with Crippen LogP contribution >= 0.6 is 23.2 Å². The summed E-state index contributed by atoms with van der Waals surface area (Å²) in [6, 6.07) is 5.08. The van der Waals surface area contributed by atoms with Gasteiger partial charge in [0.25, 0.3) is 0 Å².